The smallest absolute Gasteiger partial charge is 0.339 e. The van der Waals surface area contributed by atoms with E-state index < -0.39 is 30.1 Å². The van der Waals surface area contributed by atoms with Crippen LogP contribution in [0.15, 0.2) is 59.4 Å². The first-order valence-electron chi connectivity index (χ1n) is 8.50. The molecule has 0 aliphatic carbocycles. The molecule has 0 aliphatic rings. The lowest BCUT2D eigenvalue weighted by Crippen LogP contribution is -2.37. The van der Waals surface area contributed by atoms with E-state index in [-0.39, 0.29) is 5.56 Å². The van der Waals surface area contributed by atoms with Gasteiger partial charge < -0.3 is 19.8 Å². The average Bonchev–Trinajstić information content (AvgIpc) is 2.71. The molecular formula is C20H17N3O6. The molecule has 3 aromatic rings. The molecule has 1 heterocycles. The Kier molecular flexibility index (Phi) is 5.88. The first kappa shape index (κ1) is 19.6. The number of para-hydroxylation sites is 1. The predicted octanol–water partition coefficient (Wildman–Crippen LogP) is 2.04. The second-order valence-corrected chi connectivity index (χ2v) is 5.90. The quantitative estimate of drug-likeness (QED) is 0.568. The Morgan fingerprint density at radius 3 is 2.48 bits per heavy atom. The van der Waals surface area contributed by atoms with Crippen molar-refractivity contribution in [2.75, 3.05) is 19.0 Å². The Labute approximate surface area is 164 Å². The van der Waals surface area contributed by atoms with Crippen molar-refractivity contribution in [1.29, 1.82) is 0 Å². The number of pyridine rings is 1. The van der Waals surface area contributed by atoms with E-state index in [1.54, 1.807) is 48.5 Å². The maximum Gasteiger partial charge on any atom is 0.339 e. The first-order valence-corrected chi connectivity index (χ1v) is 8.50. The number of aromatic nitrogens is 1. The van der Waals surface area contributed by atoms with Crippen molar-refractivity contribution >= 4 is 34.5 Å². The van der Waals surface area contributed by atoms with Gasteiger partial charge in [-0.25, -0.2) is 9.59 Å². The Hall–Kier alpha value is -4.14. The zero-order valence-electron chi connectivity index (χ0n) is 15.4. The van der Waals surface area contributed by atoms with Gasteiger partial charge in [0.25, 0.3) is 5.91 Å². The second kappa shape index (κ2) is 8.70. The summed E-state index contributed by atoms with van der Waals surface area (Å²) < 4.78 is 9.95. The fraction of sp³-hybridized carbons (Fsp3) is 0.100. The minimum Gasteiger partial charge on any atom is -0.497 e. The monoisotopic (exact) mass is 395 g/mol. The summed E-state index contributed by atoms with van der Waals surface area (Å²) in [6.45, 7) is -0.685. The third-order valence-corrected chi connectivity index (χ3v) is 3.91. The van der Waals surface area contributed by atoms with Gasteiger partial charge in [0.1, 0.15) is 5.75 Å². The van der Waals surface area contributed by atoms with Gasteiger partial charge >= 0.3 is 12.0 Å². The number of nitrogens with one attached hydrogen (secondary N) is 3. The highest BCUT2D eigenvalue weighted by atomic mass is 16.5. The molecule has 0 bridgehead atoms. The standard InChI is InChI=1S/C20H17N3O6/c1-28-13-8-6-12(7-9-13)21-20(27)23-18(25)11-29-19(26)15-10-17(24)22-16-5-3-2-4-14(15)16/h2-10H,11H2,1H3,(H,22,24)(H2,21,23,25,27). The number of urea groups is 1. The SMILES string of the molecule is COc1ccc(NC(=O)NC(=O)COC(=O)c2cc(=O)[nH]c3ccccc23)cc1. The molecule has 0 saturated heterocycles. The number of carbonyl (C=O) groups excluding carboxylic acids is 3. The van der Waals surface area contributed by atoms with Crippen molar-refractivity contribution in [2.45, 2.75) is 0 Å². The molecule has 3 N–H and O–H groups in total. The number of H-pyrrole nitrogens is 1. The Bertz CT molecular complexity index is 1120. The molecule has 0 spiro atoms. The molecule has 2 aromatic carbocycles. The Morgan fingerprint density at radius 2 is 1.76 bits per heavy atom. The van der Waals surface area contributed by atoms with Gasteiger partial charge in [0.05, 0.1) is 12.7 Å². The summed E-state index contributed by atoms with van der Waals surface area (Å²) in [5.41, 5.74) is 0.470. The molecule has 3 rings (SSSR count). The molecule has 9 heteroatoms. The van der Waals surface area contributed by atoms with Crippen molar-refractivity contribution in [3.63, 3.8) is 0 Å². The third-order valence-electron chi connectivity index (χ3n) is 3.91. The molecule has 148 valence electrons. The summed E-state index contributed by atoms with van der Waals surface area (Å²) in [5, 5.41) is 4.99. The van der Waals surface area contributed by atoms with Crippen molar-refractivity contribution in [3.05, 3.63) is 70.5 Å². The van der Waals surface area contributed by atoms with Gasteiger partial charge in [0, 0.05) is 22.7 Å². The van der Waals surface area contributed by atoms with Crippen LogP contribution in [0.1, 0.15) is 10.4 Å². The average molecular weight is 395 g/mol. The van der Waals surface area contributed by atoms with Gasteiger partial charge in [-0.05, 0) is 30.3 Å². The molecule has 29 heavy (non-hydrogen) atoms. The predicted molar refractivity (Wildman–Crippen MR) is 105 cm³/mol. The van der Waals surface area contributed by atoms with Gasteiger partial charge in [0.15, 0.2) is 6.61 Å². The summed E-state index contributed by atoms with van der Waals surface area (Å²) in [5.74, 6) is -1.05. The van der Waals surface area contributed by atoms with E-state index in [1.165, 1.54) is 7.11 Å². The number of fused-ring (bicyclic) bond motifs is 1. The number of anilines is 1. The first-order chi connectivity index (χ1) is 14.0. The van der Waals surface area contributed by atoms with E-state index in [9.17, 15) is 19.2 Å². The van der Waals surface area contributed by atoms with Crippen LogP contribution in [0.25, 0.3) is 10.9 Å². The summed E-state index contributed by atoms with van der Waals surface area (Å²) >= 11 is 0. The van der Waals surface area contributed by atoms with Gasteiger partial charge in [-0.2, -0.15) is 0 Å². The summed E-state index contributed by atoms with van der Waals surface area (Å²) in [6.07, 6.45) is 0. The minimum absolute atomic E-state index is 0.0276. The zero-order valence-corrected chi connectivity index (χ0v) is 15.4. The molecule has 0 unspecified atom stereocenters. The van der Waals surface area contributed by atoms with E-state index in [0.717, 1.165) is 6.07 Å². The largest absolute Gasteiger partial charge is 0.497 e. The molecular weight excluding hydrogens is 378 g/mol. The molecule has 1 aromatic heterocycles. The van der Waals surface area contributed by atoms with Gasteiger partial charge in [-0.3, -0.25) is 14.9 Å². The van der Waals surface area contributed by atoms with Crippen LogP contribution in [0.4, 0.5) is 10.5 Å². The summed E-state index contributed by atoms with van der Waals surface area (Å²) in [6, 6.07) is 13.5. The molecule has 0 aliphatic heterocycles. The van der Waals surface area contributed by atoms with Crippen molar-refractivity contribution in [2.24, 2.45) is 0 Å². The van der Waals surface area contributed by atoms with E-state index in [0.29, 0.717) is 22.3 Å². The number of hydrogen-bond donors (Lipinski definition) is 3. The maximum absolute atomic E-state index is 12.3. The van der Waals surface area contributed by atoms with Gasteiger partial charge in [0.2, 0.25) is 5.56 Å². The maximum atomic E-state index is 12.3. The lowest BCUT2D eigenvalue weighted by Gasteiger charge is -2.09. The van der Waals surface area contributed by atoms with Gasteiger partial charge in [-0.1, -0.05) is 18.2 Å². The van der Waals surface area contributed by atoms with E-state index >= 15 is 0 Å². The zero-order chi connectivity index (χ0) is 20.8. The van der Waals surface area contributed by atoms with Crippen molar-refractivity contribution in [3.8, 4) is 5.75 Å². The minimum atomic E-state index is -0.849. The van der Waals surface area contributed by atoms with Crippen LogP contribution in [-0.2, 0) is 9.53 Å². The van der Waals surface area contributed by atoms with Crippen LogP contribution < -0.4 is 20.9 Å². The van der Waals surface area contributed by atoms with E-state index in [1.807, 2.05) is 5.32 Å². The molecule has 0 fully saturated rings. The highest BCUT2D eigenvalue weighted by Crippen LogP contribution is 2.16. The highest BCUT2D eigenvalue weighted by Gasteiger charge is 2.16. The number of methoxy groups -OCH3 is 1. The number of amides is 3. The normalized spacial score (nSPS) is 10.2. The number of aromatic amines is 1. The number of ether oxygens (including phenoxy) is 2. The van der Waals surface area contributed by atoms with Gasteiger partial charge in [-0.15, -0.1) is 0 Å². The summed E-state index contributed by atoms with van der Waals surface area (Å²) in [7, 11) is 1.52. The van der Waals surface area contributed by atoms with Crippen LogP contribution in [0.3, 0.4) is 0 Å². The molecule has 0 saturated carbocycles. The topological polar surface area (TPSA) is 127 Å². The Morgan fingerprint density at radius 1 is 1.03 bits per heavy atom. The van der Waals surface area contributed by atoms with Crippen molar-refractivity contribution < 1.29 is 23.9 Å². The van der Waals surface area contributed by atoms with Crippen LogP contribution in [0.2, 0.25) is 0 Å². The molecule has 9 nitrogen and oxygen atoms in total. The third kappa shape index (κ3) is 4.98. The highest BCUT2D eigenvalue weighted by molar-refractivity contribution is 6.05. The number of benzene rings is 2. The number of esters is 1. The van der Waals surface area contributed by atoms with Crippen LogP contribution in [0.5, 0.6) is 5.75 Å². The fourth-order valence-electron chi connectivity index (χ4n) is 2.58. The lowest BCUT2D eigenvalue weighted by atomic mass is 10.1. The fourth-order valence-corrected chi connectivity index (χ4v) is 2.58. The Balaban J connectivity index is 1.57. The lowest BCUT2D eigenvalue weighted by molar-refractivity contribution is -0.123. The summed E-state index contributed by atoms with van der Waals surface area (Å²) in [4.78, 5) is 50.3. The van der Waals surface area contributed by atoms with Crippen molar-refractivity contribution in [1.82, 2.24) is 10.3 Å². The number of carbonyl (C=O) groups is 3. The molecule has 0 atom stereocenters. The second-order valence-electron chi connectivity index (χ2n) is 5.90. The number of imide groups is 1. The number of rotatable bonds is 5. The molecule has 0 radical (unpaired) electrons. The number of hydrogen-bond acceptors (Lipinski definition) is 6. The van der Waals surface area contributed by atoms with Crippen LogP contribution in [0, 0.1) is 0 Å². The van der Waals surface area contributed by atoms with E-state index in [4.69, 9.17) is 9.47 Å². The molecule has 3 amide bonds. The van der Waals surface area contributed by atoms with Crippen LogP contribution >= 0.6 is 0 Å². The van der Waals surface area contributed by atoms with Crippen LogP contribution in [-0.4, -0.2) is 36.6 Å². The van der Waals surface area contributed by atoms with E-state index in [2.05, 4.69) is 10.3 Å².